The molecule has 4 nitrogen and oxygen atoms in total. The molecule has 0 radical (unpaired) electrons. The first-order chi connectivity index (χ1) is 8.37. The second-order valence-electron chi connectivity index (χ2n) is 6.79. The van der Waals surface area contributed by atoms with Crippen LogP contribution in [-0.2, 0) is 4.74 Å². The van der Waals surface area contributed by atoms with E-state index in [4.69, 9.17) is 4.74 Å². The van der Waals surface area contributed by atoms with Crippen molar-refractivity contribution in [2.45, 2.75) is 52.2 Å². The molecule has 1 saturated heterocycles. The minimum absolute atomic E-state index is 0.271. The number of alkyl carbamates (subject to hydrolysis) is 1. The summed E-state index contributed by atoms with van der Waals surface area (Å²) < 4.78 is 5.35. The molecule has 1 saturated carbocycles. The minimum atomic E-state index is -0.417. The van der Waals surface area contributed by atoms with Crippen molar-refractivity contribution in [3.63, 3.8) is 0 Å². The number of fused-ring (bicyclic) bond motifs is 1. The largest absolute Gasteiger partial charge is 0.444 e. The molecular formula is C14H26N2O2. The lowest BCUT2D eigenvalue weighted by Gasteiger charge is -2.38. The zero-order valence-corrected chi connectivity index (χ0v) is 12.0. The number of nitrogens with one attached hydrogen (secondary N) is 2. The molecule has 18 heavy (non-hydrogen) atoms. The van der Waals surface area contributed by atoms with E-state index in [1.165, 1.54) is 6.42 Å². The number of rotatable bonds is 1. The molecule has 0 aromatic rings. The van der Waals surface area contributed by atoms with E-state index >= 15 is 0 Å². The van der Waals surface area contributed by atoms with Gasteiger partial charge in [0.1, 0.15) is 5.60 Å². The smallest absolute Gasteiger partial charge is 0.407 e. The lowest BCUT2D eigenvalue weighted by molar-refractivity contribution is 0.0441. The second-order valence-corrected chi connectivity index (χ2v) is 6.79. The van der Waals surface area contributed by atoms with Crippen LogP contribution >= 0.6 is 0 Å². The van der Waals surface area contributed by atoms with Crippen LogP contribution in [0.25, 0.3) is 0 Å². The Morgan fingerprint density at radius 1 is 1.22 bits per heavy atom. The minimum Gasteiger partial charge on any atom is -0.444 e. The summed E-state index contributed by atoms with van der Waals surface area (Å²) in [6.45, 7) is 10.1. The van der Waals surface area contributed by atoms with Crippen molar-refractivity contribution in [3.8, 4) is 0 Å². The summed E-state index contributed by atoms with van der Waals surface area (Å²) in [6.07, 6.45) is 2.00. The third-order valence-corrected chi connectivity index (χ3v) is 4.19. The van der Waals surface area contributed by atoms with Crippen molar-refractivity contribution in [1.82, 2.24) is 10.6 Å². The first-order valence-electron chi connectivity index (χ1n) is 7.07. The molecule has 1 aliphatic carbocycles. The zero-order chi connectivity index (χ0) is 13.3. The van der Waals surface area contributed by atoms with Crippen LogP contribution in [0, 0.1) is 17.8 Å². The van der Waals surface area contributed by atoms with E-state index in [0.717, 1.165) is 25.4 Å². The summed E-state index contributed by atoms with van der Waals surface area (Å²) in [5.74, 6) is 2.04. The van der Waals surface area contributed by atoms with Crippen LogP contribution in [0.3, 0.4) is 0 Å². The Balaban J connectivity index is 1.91. The lowest BCUT2D eigenvalue weighted by atomic mass is 9.72. The van der Waals surface area contributed by atoms with Crippen LogP contribution in [0.15, 0.2) is 0 Å². The van der Waals surface area contributed by atoms with E-state index in [0.29, 0.717) is 11.8 Å². The van der Waals surface area contributed by atoms with Gasteiger partial charge in [-0.1, -0.05) is 6.92 Å². The molecule has 0 unspecified atom stereocenters. The van der Waals surface area contributed by atoms with E-state index in [9.17, 15) is 4.79 Å². The highest BCUT2D eigenvalue weighted by molar-refractivity contribution is 5.68. The molecule has 4 atom stereocenters. The molecular weight excluding hydrogens is 228 g/mol. The first kappa shape index (κ1) is 13.7. The van der Waals surface area contributed by atoms with Gasteiger partial charge in [0.25, 0.3) is 0 Å². The van der Waals surface area contributed by atoms with Crippen LogP contribution in [0.4, 0.5) is 4.79 Å². The highest BCUT2D eigenvalue weighted by atomic mass is 16.6. The molecule has 1 heterocycles. The van der Waals surface area contributed by atoms with Gasteiger partial charge in [-0.2, -0.15) is 0 Å². The molecule has 0 aromatic heterocycles. The predicted molar refractivity (Wildman–Crippen MR) is 71.4 cm³/mol. The summed E-state index contributed by atoms with van der Waals surface area (Å²) in [4.78, 5) is 11.8. The van der Waals surface area contributed by atoms with Gasteiger partial charge in [-0.25, -0.2) is 4.79 Å². The van der Waals surface area contributed by atoms with Crippen LogP contribution < -0.4 is 10.6 Å². The summed E-state index contributed by atoms with van der Waals surface area (Å²) >= 11 is 0. The molecule has 0 aromatic carbocycles. The van der Waals surface area contributed by atoms with Crippen LogP contribution in [0.1, 0.15) is 40.5 Å². The van der Waals surface area contributed by atoms with Crippen LogP contribution in [0.5, 0.6) is 0 Å². The maximum atomic E-state index is 11.8. The lowest BCUT2D eigenvalue weighted by Crippen LogP contribution is -2.48. The molecule has 2 N–H and O–H groups in total. The van der Waals surface area contributed by atoms with Crippen molar-refractivity contribution in [1.29, 1.82) is 0 Å². The highest BCUT2D eigenvalue weighted by Crippen LogP contribution is 2.37. The SMILES string of the molecule is C[C@H]1CC[C@@H](NC(=O)OC(C)(C)C)[C@H]2CNC[C@H]21. The summed E-state index contributed by atoms with van der Waals surface area (Å²) in [5, 5.41) is 6.52. The van der Waals surface area contributed by atoms with E-state index in [-0.39, 0.29) is 12.1 Å². The van der Waals surface area contributed by atoms with Gasteiger partial charge in [-0.3, -0.25) is 0 Å². The monoisotopic (exact) mass is 254 g/mol. The summed E-state index contributed by atoms with van der Waals surface area (Å²) in [7, 11) is 0. The number of carbonyl (C=O) groups excluding carboxylic acids is 1. The molecule has 0 bridgehead atoms. The molecule has 0 spiro atoms. The maximum Gasteiger partial charge on any atom is 0.407 e. The van der Waals surface area contributed by atoms with E-state index in [1.54, 1.807) is 0 Å². The standard InChI is InChI=1S/C14H26N2O2/c1-9-5-6-12(11-8-15-7-10(9)11)16-13(17)18-14(2,3)4/h9-12,15H,5-8H2,1-4H3,(H,16,17)/t9-,10-,11-,12+/m0/s1. The van der Waals surface area contributed by atoms with Gasteiger partial charge in [0, 0.05) is 12.6 Å². The summed E-state index contributed by atoms with van der Waals surface area (Å²) in [6, 6.07) is 0.274. The molecule has 2 aliphatic rings. The number of amides is 1. The summed E-state index contributed by atoms with van der Waals surface area (Å²) in [5.41, 5.74) is -0.417. The van der Waals surface area contributed by atoms with E-state index in [1.807, 2.05) is 20.8 Å². The van der Waals surface area contributed by atoms with Gasteiger partial charge >= 0.3 is 6.09 Å². The Morgan fingerprint density at radius 2 is 1.89 bits per heavy atom. The fourth-order valence-electron chi connectivity index (χ4n) is 3.29. The Labute approximate surface area is 110 Å². The Kier molecular flexibility index (Phi) is 3.85. The number of hydrogen-bond acceptors (Lipinski definition) is 3. The Bertz CT molecular complexity index is 311. The molecule has 104 valence electrons. The molecule has 1 aliphatic heterocycles. The molecule has 4 heteroatoms. The van der Waals surface area contributed by atoms with Gasteiger partial charge in [0.2, 0.25) is 0 Å². The quantitative estimate of drug-likeness (QED) is 0.754. The predicted octanol–water partition coefficient (Wildman–Crippen LogP) is 2.15. The maximum absolute atomic E-state index is 11.8. The number of hydrogen-bond donors (Lipinski definition) is 2. The third-order valence-electron chi connectivity index (χ3n) is 4.19. The highest BCUT2D eigenvalue weighted by Gasteiger charge is 2.41. The van der Waals surface area contributed by atoms with Gasteiger partial charge in [0.05, 0.1) is 0 Å². The van der Waals surface area contributed by atoms with Crippen molar-refractivity contribution in [2.24, 2.45) is 17.8 Å². The van der Waals surface area contributed by atoms with Crippen molar-refractivity contribution in [2.75, 3.05) is 13.1 Å². The van der Waals surface area contributed by atoms with Crippen molar-refractivity contribution < 1.29 is 9.53 Å². The third kappa shape index (κ3) is 3.16. The Morgan fingerprint density at radius 3 is 2.56 bits per heavy atom. The average molecular weight is 254 g/mol. The number of ether oxygens (including phenoxy) is 1. The zero-order valence-electron chi connectivity index (χ0n) is 12.0. The van der Waals surface area contributed by atoms with Crippen LogP contribution in [0.2, 0.25) is 0 Å². The van der Waals surface area contributed by atoms with E-state index in [2.05, 4.69) is 17.6 Å². The normalized spacial score (nSPS) is 36.0. The first-order valence-corrected chi connectivity index (χ1v) is 7.07. The fourth-order valence-corrected chi connectivity index (χ4v) is 3.29. The second kappa shape index (κ2) is 5.08. The van der Waals surface area contributed by atoms with Crippen molar-refractivity contribution in [3.05, 3.63) is 0 Å². The van der Waals surface area contributed by atoms with E-state index < -0.39 is 5.60 Å². The molecule has 2 fully saturated rings. The van der Waals surface area contributed by atoms with Crippen LogP contribution in [-0.4, -0.2) is 30.8 Å². The number of carbonyl (C=O) groups is 1. The van der Waals surface area contributed by atoms with Gasteiger partial charge in [-0.05, 0) is 57.9 Å². The van der Waals surface area contributed by atoms with Gasteiger partial charge < -0.3 is 15.4 Å². The van der Waals surface area contributed by atoms with Gasteiger partial charge in [-0.15, -0.1) is 0 Å². The topological polar surface area (TPSA) is 50.4 Å². The fraction of sp³-hybridized carbons (Fsp3) is 0.929. The molecule has 2 rings (SSSR count). The molecule has 1 amide bonds. The average Bonchev–Trinajstić information content (AvgIpc) is 2.69. The van der Waals surface area contributed by atoms with Crippen molar-refractivity contribution >= 4 is 6.09 Å². The van der Waals surface area contributed by atoms with Gasteiger partial charge in [0.15, 0.2) is 0 Å². The Hall–Kier alpha value is -0.770.